The summed E-state index contributed by atoms with van der Waals surface area (Å²) >= 11 is 6.56. The van der Waals surface area contributed by atoms with E-state index in [1.54, 1.807) is 6.20 Å². The summed E-state index contributed by atoms with van der Waals surface area (Å²) in [6.45, 7) is 2.13. The van der Waals surface area contributed by atoms with Crippen molar-refractivity contribution in [1.29, 1.82) is 0 Å². The third-order valence-corrected chi connectivity index (χ3v) is 5.98. The highest BCUT2D eigenvalue weighted by atomic mass is 35.5. The van der Waals surface area contributed by atoms with Crippen molar-refractivity contribution in [2.45, 2.75) is 25.3 Å². The van der Waals surface area contributed by atoms with Gasteiger partial charge in [0.25, 0.3) is 5.56 Å². The number of nitrogens with zero attached hydrogens (tertiary/aromatic N) is 3. The minimum absolute atomic E-state index is 0.105. The Morgan fingerprint density at radius 2 is 1.80 bits per heavy atom. The van der Waals surface area contributed by atoms with Crippen molar-refractivity contribution in [1.82, 2.24) is 9.78 Å². The van der Waals surface area contributed by atoms with Crippen molar-refractivity contribution in [3.05, 3.63) is 75.7 Å². The second-order valence-electron chi connectivity index (χ2n) is 7.50. The first-order valence-electron chi connectivity index (χ1n) is 10.2. The van der Waals surface area contributed by atoms with E-state index in [-0.39, 0.29) is 16.6 Å². The van der Waals surface area contributed by atoms with Crippen molar-refractivity contribution in [3.63, 3.8) is 0 Å². The summed E-state index contributed by atoms with van der Waals surface area (Å²) in [5.41, 5.74) is 2.17. The standard InChI is InChI=1S/C23H22ClN3O3/c24-22-19(15-25-27(23(22)28)17-6-2-1-3-7-17)26-11-4-8-18(26)16-9-10-20-21(14-16)30-13-5-12-29-20/h1-3,6-7,9-10,14-15,18H,4-5,8,11-13H2/t18-/m1/s1. The highest BCUT2D eigenvalue weighted by Gasteiger charge is 2.30. The number of halogens is 1. The van der Waals surface area contributed by atoms with E-state index in [9.17, 15) is 4.79 Å². The van der Waals surface area contributed by atoms with Crippen LogP contribution in [0.2, 0.25) is 5.02 Å². The lowest BCUT2D eigenvalue weighted by molar-refractivity contribution is 0.297. The van der Waals surface area contributed by atoms with Gasteiger partial charge in [-0.1, -0.05) is 35.9 Å². The first-order valence-corrected chi connectivity index (χ1v) is 10.6. The van der Waals surface area contributed by atoms with Gasteiger partial charge < -0.3 is 14.4 Å². The van der Waals surface area contributed by atoms with Gasteiger partial charge in [0.1, 0.15) is 5.02 Å². The average molecular weight is 424 g/mol. The van der Waals surface area contributed by atoms with Crippen LogP contribution < -0.4 is 19.9 Å². The molecular formula is C23H22ClN3O3. The second kappa shape index (κ2) is 8.03. The fourth-order valence-electron chi connectivity index (χ4n) is 4.17. The summed E-state index contributed by atoms with van der Waals surface area (Å²) in [6.07, 6.45) is 4.55. The molecule has 2 aliphatic heterocycles. The number of benzene rings is 2. The summed E-state index contributed by atoms with van der Waals surface area (Å²) in [7, 11) is 0. The molecule has 154 valence electrons. The molecule has 30 heavy (non-hydrogen) atoms. The monoisotopic (exact) mass is 423 g/mol. The molecule has 2 aliphatic rings. The number of ether oxygens (including phenoxy) is 2. The van der Waals surface area contributed by atoms with Gasteiger partial charge in [0.05, 0.1) is 36.8 Å². The van der Waals surface area contributed by atoms with E-state index in [0.29, 0.717) is 24.6 Å². The summed E-state index contributed by atoms with van der Waals surface area (Å²) < 4.78 is 13.0. The molecule has 5 rings (SSSR count). The molecule has 3 heterocycles. The van der Waals surface area contributed by atoms with Gasteiger partial charge in [-0.2, -0.15) is 9.78 Å². The van der Waals surface area contributed by atoms with Crippen LogP contribution in [0.4, 0.5) is 5.69 Å². The van der Waals surface area contributed by atoms with Gasteiger partial charge in [-0.15, -0.1) is 0 Å². The third kappa shape index (κ3) is 3.41. The fraction of sp³-hybridized carbons (Fsp3) is 0.304. The maximum atomic E-state index is 12.9. The molecule has 2 aromatic carbocycles. The molecule has 0 N–H and O–H groups in total. The van der Waals surface area contributed by atoms with E-state index in [2.05, 4.69) is 22.1 Å². The van der Waals surface area contributed by atoms with Crippen molar-refractivity contribution < 1.29 is 9.47 Å². The van der Waals surface area contributed by atoms with E-state index < -0.39 is 0 Å². The van der Waals surface area contributed by atoms with Crippen LogP contribution in [0.15, 0.2) is 59.5 Å². The van der Waals surface area contributed by atoms with E-state index in [0.717, 1.165) is 42.9 Å². The predicted molar refractivity (Wildman–Crippen MR) is 116 cm³/mol. The lowest BCUT2D eigenvalue weighted by Gasteiger charge is -2.28. The quantitative estimate of drug-likeness (QED) is 0.625. The number of rotatable bonds is 3. The molecule has 1 fully saturated rings. The molecule has 3 aromatic rings. The average Bonchev–Trinajstić information content (AvgIpc) is 3.14. The van der Waals surface area contributed by atoms with E-state index >= 15 is 0 Å². The van der Waals surface area contributed by atoms with E-state index in [1.165, 1.54) is 4.68 Å². The summed E-state index contributed by atoms with van der Waals surface area (Å²) in [5.74, 6) is 1.56. The Kier molecular flexibility index (Phi) is 5.09. The predicted octanol–water partition coefficient (Wildman–Crippen LogP) is 4.39. The fourth-order valence-corrected chi connectivity index (χ4v) is 4.40. The Bertz CT molecular complexity index is 1120. The minimum atomic E-state index is -0.315. The van der Waals surface area contributed by atoms with Gasteiger partial charge in [0.15, 0.2) is 11.5 Å². The second-order valence-corrected chi connectivity index (χ2v) is 7.88. The SMILES string of the molecule is O=c1c(Cl)c(N2CCC[C@@H]2c2ccc3c(c2)OCCCO3)cnn1-c1ccccc1. The number of fused-ring (bicyclic) bond motifs is 1. The number of anilines is 1. The zero-order valence-corrected chi connectivity index (χ0v) is 17.2. The van der Waals surface area contributed by atoms with Crippen LogP contribution in [0, 0.1) is 0 Å². The Hall–Kier alpha value is -2.99. The van der Waals surface area contributed by atoms with Gasteiger partial charge >= 0.3 is 0 Å². The molecular weight excluding hydrogens is 402 g/mol. The van der Waals surface area contributed by atoms with Gasteiger partial charge in [-0.05, 0) is 42.7 Å². The van der Waals surface area contributed by atoms with Gasteiger partial charge in [0.2, 0.25) is 0 Å². The van der Waals surface area contributed by atoms with E-state index in [4.69, 9.17) is 21.1 Å². The molecule has 0 unspecified atom stereocenters. The summed E-state index contributed by atoms with van der Waals surface area (Å²) in [6, 6.07) is 15.5. The molecule has 0 aliphatic carbocycles. The largest absolute Gasteiger partial charge is 0.490 e. The molecule has 0 spiro atoms. The van der Waals surface area contributed by atoms with Gasteiger partial charge in [-0.25, -0.2) is 0 Å². The van der Waals surface area contributed by atoms with Crippen molar-refractivity contribution in [3.8, 4) is 17.2 Å². The topological polar surface area (TPSA) is 56.6 Å². The maximum Gasteiger partial charge on any atom is 0.292 e. The summed E-state index contributed by atoms with van der Waals surface area (Å²) in [4.78, 5) is 15.1. The lowest BCUT2D eigenvalue weighted by atomic mass is 10.0. The third-order valence-electron chi connectivity index (χ3n) is 5.62. The van der Waals surface area contributed by atoms with Crippen LogP contribution in [-0.4, -0.2) is 29.5 Å². The summed E-state index contributed by atoms with van der Waals surface area (Å²) in [5, 5.41) is 4.59. The van der Waals surface area contributed by atoms with Crippen LogP contribution in [-0.2, 0) is 0 Å². The number of hydrogen-bond acceptors (Lipinski definition) is 5. The van der Waals surface area contributed by atoms with Crippen LogP contribution in [0.5, 0.6) is 11.5 Å². The van der Waals surface area contributed by atoms with Gasteiger partial charge in [-0.3, -0.25) is 4.79 Å². The smallest absolute Gasteiger partial charge is 0.292 e. The molecule has 7 heteroatoms. The van der Waals surface area contributed by atoms with Crippen molar-refractivity contribution >= 4 is 17.3 Å². The zero-order valence-electron chi connectivity index (χ0n) is 16.5. The van der Waals surface area contributed by atoms with Crippen LogP contribution in [0.3, 0.4) is 0 Å². The highest BCUT2D eigenvalue weighted by molar-refractivity contribution is 6.33. The normalized spacial score (nSPS) is 18.3. The van der Waals surface area contributed by atoms with Crippen molar-refractivity contribution in [2.24, 2.45) is 0 Å². The molecule has 6 nitrogen and oxygen atoms in total. The maximum absolute atomic E-state index is 12.9. The highest BCUT2D eigenvalue weighted by Crippen LogP contribution is 2.41. The first kappa shape index (κ1) is 19.0. The molecule has 0 saturated carbocycles. The van der Waals surface area contributed by atoms with Crippen LogP contribution >= 0.6 is 11.6 Å². The first-order chi connectivity index (χ1) is 14.7. The Balaban J connectivity index is 1.49. The zero-order chi connectivity index (χ0) is 20.5. The Morgan fingerprint density at radius 1 is 1.00 bits per heavy atom. The van der Waals surface area contributed by atoms with Crippen molar-refractivity contribution in [2.75, 3.05) is 24.7 Å². The molecule has 1 saturated heterocycles. The number of hydrogen-bond donors (Lipinski definition) is 0. The Morgan fingerprint density at radius 3 is 2.63 bits per heavy atom. The number of aromatic nitrogens is 2. The van der Waals surface area contributed by atoms with Crippen LogP contribution in [0.1, 0.15) is 30.9 Å². The van der Waals surface area contributed by atoms with Crippen LogP contribution in [0.25, 0.3) is 5.69 Å². The molecule has 1 atom stereocenters. The molecule has 0 radical (unpaired) electrons. The number of para-hydroxylation sites is 1. The van der Waals surface area contributed by atoms with Gasteiger partial charge in [0, 0.05) is 13.0 Å². The molecule has 0 bridgehead atoms. The molecule has 1 aromatic heterocycles. The van der Waals surface area contributed by atoms with E-state index in [1.807, 2.05) is 36.4 Å². The minimum Gasteiger partial charge on any atom is -0.490 e. The lowest BCUT2D eigenvalue weighted by Crippen LogP contribution is -2.28. The Labute approximate surface area is 179 Å². The molecule has 0 amide bonds.